The van der Waals surface area contributed by atoms with Gasteiger partial charge < -0.3 is 5.32 Å². The normalized spacial score (nSPS) is 12.4. The fraction of sp³-hybridized carbons (Fsp3) is 0.385. The maximum absolute atomic E-state index is 12.2. The van der Waals surface area contributed by atoms with Crippen molar-refractivity contribution in [1.29, 1.82) is 0 Å². The standard InChI is InChI=1S/C13H17N3OS/c1-4-10(11-6-5-7-18-11)14-13(17)12-8(2)15-16-9(12)3/h5-7,10H,4H2,1-3H3,(H,14,17)(H,15,16). The number of aryl methyl sites for hydroxylation is 2. The Morgan fingerprint density at radius 1 is 1.56 bits per heavy atom. The first kappa shape index (κ1) is 12.8. The fourth-order valence-corrected chi connectivity index (χ4v) is 2.84. The lowest BCUT2D eigenvalue weighted by Crippen LogP contribution is -2.28. The van der Waals surface area contributed by atoms with Gasteiger partial charge in [-0.3, -0.25) is 9.89 Å². The first-order valence-electron chi connectivity index (χ1n) is 5.99. The van der Waals surface area contributed by atoms with Gasteiger partial charge >= 0.3 is 0 Å². The second kappa shape index (κ2) is 5.35. The van der Waals surface area contributed by atoms with E-state index < -0.39 is 0 Å². The minimum atomic E-state index is -0.0565. The smallest absolute Gasteiger partial charge is 0.255 e. The summed E-state index contributed by atoms with van der Waals surface area (Å²) in [6.07, 6.45) is 0.877. The van der Waals surface area contributed by atoms with Crippen LogP contribution in [0.2, 0.25) is 0 Å². The molecule has 2 N–H and O–H groups in total. The number of H-pyrrole nitrogens is 1. The third kappa shape index (κ3) is 2.46. The van der Waals surface area contributed by atoms with Crippen molar-refractivity contribution in [2.24, 2.45) is 0 Å². The van der Waals surface area contributed by atoms with Crippen LogP contribution in [0.4, 0.5) is 0 Å². The summed E-state index contributed by atoms with van der Waals surface area (Å²) in [6, 6.07) is 4.13. The SMILES string of the molecule is CCC(NC(=O)c1c(C)n[nH]c1C)c1cccs1. The van der Waals surface area contributed by atoms with Gasteiger partial charge in [0.15, 0.2) is 0 Å². The van der Waals surface area contributed by atoms with Gasteiger partial charge in [-0.1, -0.05) is 13.0 Å². The second-order valence-electron chi connectivity index (χ2n) is 4.26. The molecule has 2 aromatic heterocycles. The monoisotopic (exact) mass is 263 g/mol. The molecule has 0 saturated heterocycles. The van der Waals surface area contributed by atoms with Gasteiger partial charge in [-0.2, -0.15) is 5.10 Å². The van der Waals surface area contributed by atoms with Crippen molar-refractivity contribution < 1.29 is 4.79 Å². The summed E-state index contributed by atoms with van der Waals surface area (Å²) in [5, 5.41) is 12.0. The molecule has 1 unspecified atom stereocenters. The summed E-state index contributed by atoms with van der Waals surface area (Å²) >= 11 is 1.67. The number of nitrogens with one attached hydrogen (secondary N) is 2. The fourth-order valence-electron chi connectivity index (χ4n) is 1.98. The van der Waals surface area contributed by atoms with E-state index in [2.05, 4.69) is 22.4 Å². The third-order valence-electron chi connectivity index (χ3n) is 2.96. The van der Waals surface area contributed by atoms with Crippen molar-refractivity contribution in [3.63, 3.8) is 0 Å². The Hall–Kier alpha value is -1.62. The molecule has 2 aromatic rings. The lowest BCUT2D eigenvalue weighted by Gasteiger charge is -2.15. The molecule has 2 rings (SSSR count). The highest BCUT2D eigenvalue weighted by Gasteiger charge is 2.19. The number of hydrogen-bond donors (Lipinski definition) is 2. The Labute approximate surface area is 110 Å². The van der Waals surface area contributed by atoms with Crippen LogP contribution in [0.5, 0.6) is 0 Å². The molecule has 0 spiro atoms. The van der Waals surface area contributed by atoms with Crippen LogP contribution >= 0.6 is 11.3 Å². The van der Waals surface area contributed by atoms with Crippen LogP contribution in [-0.4, -0.2) is 16.1 Å². The number of amides is 1. The van der Waals surface area contributed by atoms with E-state index in [0.29, 0.717) is 5.56 Å². The maximum atomic E-state index is 12.2. The molecule has 1 atom stereocenters. The summed E-state index contributed by atoms with van der Waals surface area (Å²) in [5.74, 6) is -0.0565. The van der Waals surface area contributed by atoms with E-state index in [0.717, 1.165) is 17.8 Å². The average molecular weight is 263 g/mol. The molecule has 0 bridgehead atoms. The molecule has 0 radical (unpaired) electrons. The Kier molecular flexibility index (Phi) is 3.81. The first-order chi connectivity index (χ1) is 8.63. The zero-order chi connectivity index (χ0) is 13.1. The molecular weight excluding hydrogens is 246 g/mol. The van der Waals surface area contributed by atoms with Crippen LogP contribution in [-0.2, 0) is 0 Å². The molecule has 0 saturated carbocycles. The number of aromatic nitrogens is 2. The van der Waals surface area contributed by atoms with Gasteiger partial charge in [0.1, 0.15) is 0 Å². The molecule has 1 amide bonds. The molecule has 0 aliphatic carbocycles. The van der Waals surface area contributed by atoms with E-state index in [1.165, 1.54) is 4.88 Å². The van der Waals surface area contributed by atoms with Crippen LogP contribution in [0, 0.1) is 13.8 Å². The molecule has 96 valence electrons. The van der Waals surface area contributed by atoms with E-state index in [9.17, 15) is 4.79 Å². The van der Waals surface area contributed by atoms with E-state index in [-0.39, 0.29) is 11.9 Å². The van der Waals surface area contributed by atoms with Crippen LogP contribution in [0.3, 0.4) is 0 Å². The molecule has 0 aliphatic rings. The lowest BCUT2D eigenvalue weighted by atomic mass is 10.1. The second-order valence-corrected chi connectivity index (χ2v) is 5.24. The first-order valence-corrected chi connectivity index (χ1v) is 6.87. The molecule has 0 aliphatic heterocycles. The van der Waals surface area contributed by atoms with Gasteiger partial charge in [0, 0.05) is 10.6 Å². The van der Waals surface area contributed by atoms with E-state index in [1.54, 1.807) is 11.3 Å². The Morgan fingerprint density at radius 3 is 2.83 bits per heavy atom. The average Bonchev–Trinajstić information content (AvgIpc) is 2.96. The van der Waals surface area contributed by atoms with Gasteiger partial charge in [-0.25, -0.2) is 0 Å². The predicted octanol–water partition coefficient (Wildman–Crippen LogP) is 2.97. The van der Waals surface area contributed by atoms with Gasteiger partial charge in [0.2, 0.25) is 0 Å². The topological polar surface area (TPSA) is 57.8 Å². The zero-order valence-corrected chi connectivity index (χ0v) is 11.6. The number of carbonyl (C=O) groups excluding carboxylic acids is 1. The highest BCUT2D eigenvalue weighted by Crippen LogP contribution is 2.22. The van der Waals surface area contributed by atoms with Crippen molar-refractivity contribution in [1.82, 2.24) is 15.5 Å². The molecular formula is C13H17N3OS. The molecule has 0 fully saturated rings. The summed E-state index contributed by atoms with van der Waals surface area (Å²) in [5.41, 5.74) is 2.21. The number of thiophene rings is 1. The van der Waals surface area contributed by atoms with Crippen molar-refractivity contribution >= 4 is 17.2 Å². The van der Waals surface area contributed by atoms with Crippen molar-refractivity contribution in [2.75, 3.05) is 0 Å². The van der Waals surface area contributed by atoms with Crippen molar-refractivity contribution in [2.45, 2.75) is 33.2 Å². The third-order valence-corrected chi connectivity index (χ3v) is 3.94. The van der Waals surface area contributed by atoms with Gasteiger partial charge in [-0.05, 0) is 31.7 Å². The number of aromatic amines is 1. The number of nitrogens with zero attached hydrogens (tertiary/aromatic N) is 1. The summed E-state index contributed by atoms with van der Waals surface area (Å²) in [6.45, 7) is 5.77. The summed E-state index contributed by atoms with van der Waals surface area (Å²) in [4.78, 5) is 13.4. The van der Waals surface area contributed by atoms with Gasteiger partial charge in [0.25, 0.3) is 5.91 Å². The van der Waals surface area contributed by atoms with Crippen LogP contribution < -0.4 is 5.32 Å². The number of hydrogen-bond acceptors (Lipinski definition) is 3. The van der Waals surface area contributed by atoms with Crippen molar-refractivity contribution in [3.8, 4) is 0 Å². The molecule has 2 heterocycles. The largest absolute Gasteiger partial charge is 0.344 e. The maximum Gasteiger partial charge on any atom is 0.255 e. The Bertz CT molecular complexity index is 511. The summed E-state index contributed by atoms with van der Waals surface area (Å²) < 4.78 is 0. The highest BCUT2D eigenvalue weighted by atomic mass is 32.1. The van der Waals surface area contributed by atoms with Crippen LogP contribution in [0.25, 0.3) is 0 Å². The number of rotatable bonds is 4. The van der Waals surface area contributed by atoms with Crippen molar-refractivity contribution in [3.05, 3.63) is 39.3 Å². The number of carbonyl (C=O) groups is 1. The zero-order valence-electron chi connectivity index (χ0n) is 10.8. The summed E-state index contributed by atoms with van der Waals surface area (Å²) in [7, 11) is 0. The minimum Gasteiger partial charge on any atom is -0.344 e. The van der Waals surface area contributed by atoms with E-state index in [4.69, 9.17) is 0 Å². The highest BCUT2D eigenvalue weighted by molar-refractivity contribution is 7.10. The minimum absolute atomic E-state index is 0.0565. The molecule has 4 nitrogen and oxygen atoms in total. The van der Waals surface area contributed by atoms with Gasteiger partial charge in [0.05, 0.1) is 17.3 Å². The van der Waals surface area contributed by atoms with E-state index in [1.807, 2.05) is 31.4 Å². The van der Waals surface area contributed by atoms with Crippen LogP contribution in [0.1, 0.15) is 46.0 Å². The van der Waals surface area contributed by atoms with E-state index >= 15 is 0 Å². The predicted molar refractivity (Wildman–Crippen MR) is 72.9 cm³/mol. The lowest BCUT2D eigenvalue weighted by molar-refractivity contribution is 0.0935. The molecule has 18 heavy (non-hydrogen) atoms. The molecule has 5 heteroatoms. The quantitative estimate of drug-likeness (QED) is 0.891. The van der Waals surface area contributed by atoms with Gasteiger partial charge in [-0.15, -0.1) is 11.3 Å². The Morgan fingerprint density at radius 2 is 2.33 bits per heavy atom. The molecule has 0 aromatic carbocycles. The van der Waals surface area contributed by atoms with Crippen LogP contribution in [0.15, 0.2) is 17.5 Å². The Balaban J connectivity index is 2.16.